The summed E-state index contributed by atoms with van der Waals surface area (Å²) in [5.41, 5.74) is -0.0478. The Labute approximate surface area is 113 Å². The molecule has 0 N–H and O–H groups in total. The SMILES string of the molecule is CCS(=O)(=O)[C@@H]1[C@H](c2ccccc2)[C@@]1(C#N)COC. The molecular weight excluding hydrogens is 262 g/mol. The summed E-state index contributed by atoms with van der Waals surface area (Å²) in [4.78, 5) is 0. The number of benzene rings is 1. The van der Waals surface area contributed by atoms with Gasteiger partial charge in [0.1, 0.15) is 5.41 Å². The zero-order chi connectivity index (χ0) is 14.1. The van der Waals surface area contributed by atoms with Crippen LogP contribution in [0.2, 0.25) is 0 Å². The second-order valence-corrected chi connectivity index (χ2v) is 7.26. The Kier molecular flexibility index (Phi) is 3.66. The van der Waals surface area contributed by atoms with Crippen molar-refractivity contribution in [1.29, 1.82) is 5.26 Å². The van der Waals surface area contributed by atoms with Crippen molar-refractivity contribution < 1.29 is 13.2 Å². The lowest BCUT2D eigenvalue weighted by Crippen LogP contribution is -2.20. The Bertz CT molecular complexity index is 591. The number of ether oxygens (including phenoxy) is 1. The minimum Gasteiger partial charge on any atom is -0.383 e. The van der Waals surface area contributed by atoms with Gasteiger partial charge < -0.3 is 4.74 Å². The third-order valence-electron chi connectivity index (χ3n) is 3.80. The van der Waals surface area contributed by atoms with Gasteiger partial charge >= 0.3 is 0 Å². The van der Waals surface area contributed by atoms with E-state index in [-0.39, 0.29) is 18.3 Å². The first-order valence-corrected chi connectivity index (χ1v) is 7.91. The van der Waals surface area contributed by atoms with E-state index in [0.717, 1.165) is 5.56 Å². The standard InChI is InChI=1S/C14H17NO3S/c1-3-19(16,17)13-12(11-7-5-4-6-8-11)14(13,9-15)10-18-2/h4-8,12-13H,3,10H2,1-2H3/t12-,13+,14+/m0/s1. The third kappa shape index (κ3) is 2.15. The van der Waals surface area contributed by atoms with E-state index in [2.05, 4.69) is 6.07 Å². The van der Waals surface area contributed by atoms with Crippen LogP contribution in [0.4, 0.5) is 0 Å². The van der Waals surface area contributed by atoms with E-state index in [4.69, 9.17) is 4.74 Å². The molecule has 102 valence electrons. The molecule has 1 fully saturated rings. The van der Waals surface area contributed by atoms with Crippen LogP contribution in [0.1, 0.15) is 18.4 Å². The molecule has 0 radical (unpaired) electrons. The lowest BCUT2D eigenvalue weighted by atomic mass is 10.0. The molecule has 0 bridgehead atoms. The molecule has 0 amide bonds. The van der Waals surface area contributed by atoms with Crippen LogP contribution in [-0.2, 0) is 14.6 Å². The van der Waals surface area contributed by atoms with E-state index in [9.17, 15) is 13.7 Å². The summed E-state index contributed by atoms with van der Waals surface area (Å²) >= 11 is 0. The second kappa shape index (κ2) is 4.95. The van der Waals surface area contributed by atoms with Gasteiger partial charge in [0.25, 0.3) is 0 Å². The summed E-state index contributed by atoms with van der Waals surface area (Å²) in [5.74, 6) is -0.239. The van der Waals surface area contributed by atoms with Crippen LogP contribution in [0.5, 0.6) is 0 Å². The smallest absolute Gasteiger partial charge is 0.155 e. The highest BCUT2D eigenvalue weighted by atomic mass is 32.2. The van der Waals surface area contributed by atoms with Gasteiger partial charge in [0, 0.05) is 18.8 Å². The van der Waals surface area contributed by atoms with Crippen LogP contribution in [-0.4, -0.2) is 33.1 Å². The van der Waals surface area contributed by atoms with Crippen molar-refractivity contribution in [3.8, 4) is 6.07 Å². The van der Waals surface area contributed by atoms with Crippen LogP contribution in [0.15, 0.2) is 30.3 Å². The third-order valence-corrected chi connectivity index (χ3v) is 6.07. The van der Waals surface area contributed by atoms with Crippen molar-refractivity contribution in [2.75, 3.05) is 19.5 Å². The van der Waals surface area contributed by atoms with E-state index >= 15 is 0 Å². The number of nitriles is 1. The summed E-state index contributed by atoms with van der Waals surface area (Å²) in [5, 5.41) is 8.80. The molecule has 5 heteroatoms. The Morgan fingerprint density at radius 3 is 2.47 bits per heavy atom. The summed E-state index contributed by atoms with van der Waals surface area (Å²) < 4.78 is 29.5. The van der Waals surface area contributed by atoms with Gasteiger partial charge in [-0.15, -0.1) is 0 Å². The van der Waals surface area contributed by atoms with Gasteiger partial charge in [-0.25, -0.2) is 8.42 Å². The molecule has 2 rings (SSSR count). The first-order valence-electron chi connectivity index (χ1n) is 6.20. The van der Waals surface area contributed by atoms with Crippen LogP contribution in [0.3, 0.4) is 0 Å². The lowest BCUT2D eigenvalue weighted by molar-refractivity contribution is 0.162. The van der Waals surface area contributed by atoms with E-state index in [1.165, 1.54) is 7.11 Å². The summed E-state index contributed by atoms with van der Waals surface area (Å²) in [6.07, 6.45) is 0. The molecule has 4 nitrogen and oxygen atoms in total. The molecule has 0 spiro atoms. The van der Waals surface area contributed by atoms with Crippen molar-refractivity contribution in [2.24, 2.45) is 5.41 Å². The predicted molar refractivity (Wildman–Crippen MR) is 72.4 cm³/mol. The number of methoxy groups -OCH3 is 1. The zero-order valence-corrected chi connectivity index (χ0v) is 11.9. The molecule has 1 aliphatic rings. The number of nitrogens with zero attached hydrogens (tertiary/aromatic N) is 1. The van der Waals surface area contributed by atoms with Gasteiger partial charge in [0.15, 0.2) is 9.84 Å². The molecule has 1 aliphatic carbocycles. The van der Waals surface area contributed by atoms with Gasteiger partial charge in [-0.1, -0.05) is 37.3 Å². The van der Waals surface area contributed by atoms with Crippen molar-refractivity contribution >= 4 is 9.84 Å². The Morgan fingerprint density at radius 1 is 1.37 bits per heavy atom. The topological polar surface area (TPSA) is 67.2 Å². The first-order chi connectivity index (χ1) is 9.03. The van der Waals surface area contributed by atoms with Crippen molar-refractivity contribution in [3.05, 3.63) is 35.9 Å². The fourth-order valence-corrected chi connectivity index (χ4v) is 4.82. The van der Waals surface area contributed by atoms with Crippen molar-refractivity contribution in [3.63, 3.8) is 0 Å². The van der Waals surface area contributed by atoms with E-state index in [1.54, 1.807) is 6.92 Å². The molecule has 0 saturated heterocycles. The maximum Gasteiger partial charge on any atom is 0.155 e. The highest BCUT2D eigenvalue weighted by molar-refractivity contribution is 7.92. The molecule has 0 aliphatic heterocycles. The largest absolute Gasteiger partial charge is 0.383 e. The monoisotopic (exact) mass is 279 g/mol. The molecule has 0 unspecified atom stereocenters. The summed E-state index contributed by atoms with van der Waals surface area (Å²) in [7, 11) is -1.77. The van der Waals surface area contributed by atoms with Crippen LogP contribution in [0.25, 0.3) is 0 Å². The Morgan fingerprint density at radius 2 is 2.00 bits per heavy atom. The van der Waals surface area contributed by atoms with Gasteiger partial charge in [-0.3, -0.25) is 0 Å². The molecule has 0 aromatic heterocycles. The maximum absolute atomic E-state index is 12.2. The van der Waals surface area contributed by atoms with Crippen LogP contribution < -0.4 is 0 Å². The Hall–Kier alpha value is -1.38. The highest BCUT2D eigenvalue weighted by Crippen LogP contribution is 2.62. The number of hydrogen-bond acceptors (Lipinski definition) is 4. The highest BCUT2D eigenvalue weighted by Gasteiger charge is 2.71. The van der Waals surface area contributed by atoms with E-state index in [0.29, 0.717) is 0 Å². The number of rotatable bonds is 5. The predicted octanol–water partition coefficient (Wildman–Crippen LogP) is 1.74. The summed E-state index contributed by atoms with van der Waals surface area (Å²) in [6, 6.07) is 11.5. The number of hydrogen-bond donors (Lipinski definition) is 0. The molecule has 1 aromatic carbocycles. The minimum atomic E-state index is -3.27. The quantitative estimate of drug-likeness (QED) is 0.823. The second-order valence-electron chi connectivity index (χ2n) is 4.85. The van der Waals surface area contributed by atoms with Crippen molar-refractivity contribution in [1.82, 2.24) is 0 Å². The summed E-state index contributed by atoms with van der Waals surface area (Å²) in [6.45, 7) is 1.76. The maximum atomic E-state index is 12.2. The minimum absolute atomic E-state index is 0.0497. The molecule has 0 heterocycles. The normalized spacial score (nSPS) is 29.7. The Balaban J connectivity index is 2.45. The molecule has 1 aromatic rings. The molecule has 1 saturated carbocycles. The van der Waals surface area contributed by atoms with E-state index in [1.807, 2.05) is 30.3 Å². The zero-order valence-electron chi connectivity index (χ0n) is 11.0. The average Bonchev–Trinajstić information content (AvgIpc) is 3.10. The fourth-order valence-electron chi connectivity index (χ4n) is 2.82. The van der Waals surface area contributed by atoms with Gasteiger partial charge in [-0.2, -0.15) is 5.26 Å². The molecule has 19 heavy (non-hydrogen) atoms. The van der Waals surface area contributed by atoms with E-state index < -0.39 is 20.5 Å². The lowest BCUT2D eigenvalue weighted by Gasteiger charge is -2.07. The van der Waals surface area contributed by atoms with Crippen LogP contribution in [0, 0.1) is 16.7 Å². The average molecular weight is 279 g/mol. The fraction of sp³-hybridized carbons (Fsp3) is 0.500. The first kappa shape index (κ1) is 14.0. The van der Waals surface area contributed by atoms with Crippen molar-refractivity contribution in [2.45, 2.75) is 18.1 Å². The number of sulfone groups is 1. The van der Waals surface area contributed by atoms with Gasteiger partial charge in [0.2, 0.25) is 0 Å². The van der Waals surface area contributed by atoms with Crippen LogP contribution >= 0.6 is 0 Å². The molecule has 3 atom stereocenters. The van der Waals surface area contributed by atoms with Gasteiger partial charge in [0.05, 0.1) is 17.9 Å². The van der Waals surface area contributed by atoms with Gasteiger partial charge in [-0.05, 0) is 5.56 Å². The molecular formula is C14H17NO3S.